The number of amides is 2. The van der Waals surface area contributed by atoms with Crippen LogP contribution in [0.1, 0.15) is 12.0 Å². The Hall–Kier alpha value is -1.66. The molecule has 2 amide bonds. The number of rotatable bonds is 1. The van der Waals surface area contributed by atoms with Gasteiger partial charge in [-0.25, -0.2) is 4.39 Å². The molecule has 0 bridgehead atoms. The normalized spacial score (nSPS) is 27.8. The second-order valence-electron chi connectivity index (χ2n) is 4.77. The summed E-state index contributed by atoms with van der Waals surface area (Å²) in [6.07, 6.45) is 0.268. The van der Waals surface area contributed by atoms with E-state index in [0.717, 1.165) is 0 Å². The molecule has 1 aromatic carbocycles. The monoisotopic (exact) mass is 285 g/mol. The number of nitrogens with two attached hydrogens (primary N) is 1. The van der Waals surface area contributed by atoms with Crippen LogP contribution in [0.2, 0.25) is 0 Å². The predicted octanol–water partition coefficient (Wildman–Crippen LogP) is 0.285. The number of primary amides is 1. The summed E-state index contributed by atoms with van der Waals surface area (Å²) in [7, 11) is 0. The molecule has 0 saturated carbocycles. The second-order valence-corrected chi connectivity index (χ2v) is 4.77. The van der Waals surface area contributed by atoms with Gasteiger partial charge in [-0.1, -0.05) is 0 Å². The standard InChI is InChI=1S/C12H12FN3O2.ClH/c13-6-1-2-8-7(3-6)12(11(18)16-8)4-9(10(14)17)15-5-12;/h1-3,9,15H,4-5H2,(H2,14,17)(H,16,18);1H/t9-,12-;/m0./s1. The third-order valence-corrected chi connectivity index (χ3v) is 3.73. The number of fused-ring (bicyclic) bond motifs is 2. The average Bonchev–Trinajstić information content (AvgIpc) is 2.86. The fourth-order valence-electron chi connectivity index (χ4n) is 2.76. The van der Waals surface area contributed by atoms with Crippen molar-refractivity contribution in [1.82, 2.24) is 5.32 Å². The summed E-state index contributed by atoms with van der Waals surface area (Å²) in [5.74, 6) is -1.10. The van der Waals surface area contributed by atoms with Gasteiger partial charge in [0, 0.05) is 12.2 Å². The van der Waals surface area contributed by atoms with Crippen molar-refractivity contribution in [3.8, 4) is 0 Å². The number of halogens is 2. The number of nitrogens with one attached hydrogen (secondary N) is 2. The highest BCUT2D eigenvalue weighted by molar-refractivity contribution is 6.07. The van der Waals surface area contributed by atoms with Crippen LogP contribution in [0.15, 0.2) is 18.2 Å². The summed E-state index contributed by atoms with van der Waals surface area (Å²) < 4.78 is 13.3. The van der Waals surface area contributed by atoms with E-state index >= 15 is 0 Å². The zero-order valence-corrected chi connectivity index (χ0v) is 10.7. The molecule has 1 saturated heterocycles. The molecule has 2 aliphatic rings. The lowest BCUT2D eigenvalue weighted by Crippen LogP contribution is -2.36. The van der Waals surface area contributed by atoms with E-state index in [0.29, 0.717) is 17.8 Å². The van der Waals surface area contributed by atoms with Gasteiger partial charge < -0.3 is 16.4 Å². The van der Waals surface area contributed by atoms with Crippen molar-refractivity contribution in [1.29, 1.82) is 0 Å². The topological polar surface area (TPSA) is 84.2 Å². The minimum Gasteiger partial charge on any atom is -0.368 e. The van der Waals surface area contributed by atoms with Gasteiger partial charge in [0.2, 0.25) is 11.8 Å². The molecule has 2 atom stereocenters. The zero-order chi connectivity index (χ0) is 12.9. The molecule has 7 heteroatoms. The molecule has 1 fully saturated rings. The summed E-state index contributed by atoms with van der Waals surface area (Å²) in [6, 6.07) is 3.63. The predicted molar refractivity (Wildman–Crippen MR) is 69.6 cm³/mol. The highest BCUT2D eigenvalue weighted by Crippen LogP contribution is 2.43. The average molecular weight is 286 g/mol. The first-order chi connectivity index (χ1) is 8.53. The first-order valence-electron chi connectivity index (χ1n) is 5.67. The molecule has 0 aliphatic carbocycles. The minimum absolute atomic E-state index is 0. The minimum atomic E-state index is -0.878. The maximum absolute atomic E-state index is 13.3. The van der Waals surface area contributed by atoms with E-state index in [4.69, 9.17) is 5.73 Å². The van der Waals surface area contributed by atoms with E-state index < -0.39 is 23.2 Å². The molecule has 2 aliphatic heterocycles. The Labute approximate surface area is 115 Å². The van der Waals surface area contributed by atoms with Gasteiger partial charge in [-0.3, -0.25) is 9.59 Å². The van der Waals surface area contributed by atoms with Crippen LogP contribution in [0.3, 0.4) is 0 Å². The van der Waals surface area contributed by atoms with Crippen molar-refractivity contribution >= 4 is 29.9 Å². The first-order valence-corrected chi connectivity index (χ1v) is 5.67. The quantitative estimate of drug-likeness (QED) is 0.693. The van der Waals surface area contributed by atoms with E-state index in [-0.39, 0.29) is 24.7 Å². The maximum Gasteiger partial charge on any atom is 0.236 e. The fraction of sp³-hybridized carbons (Fsp3) is 0.333. The highest BCUT2D eigenvalue weighted by atomic mass is 35.5. The molecule has 2 heterocycles. The number of benzene rings is 1. The van der Waals surface area contributed by atoms with Crippen LogP contribution in [-0.4, -0.2) is 24.4 Å². The third kappa shape index (κ3) is 1.87. The SMILES string of the molecule is Cl.NC(=O)[C@@H]1C[C@@]2(CN1)C(=O)Nc1ccc(F)cc12. The van der Waals surface area contributed by atoms with Gasteiger partial charge in [-0.15, -0.1) is 12.4 Å². The van der Waals surface area contributed by atoms with Gasteiger partial charge >= 0.3 is 0 Å². The summed E-state index contributed by atoms with van der Waals surface area (Å²) >= 11 is 0. The zero-order valence-electron chi connectivity index (χ0n) is 9.90. The van der Waals surface area contributed by atoms with Gasteiger partial charge in [-0.05, 0) is 30.2 Å². The summed E-state index contributed by atoms with van der Waals surface area (Å²) in [4.78, 5) is 23.3. The Morgan fingerprint density at radius 3 is 2.84 bits per heavy atom. The lowest BCUT2D eigenvalue weighted by atomic mass is 9.79. The molecule has 0 unspecified atom stereocenters. The van der Waals surface area contributed by atoms with E-state index in [9.17, 15) is 14.0 Å². The Morgan fingerprint density at radius 2 is 2.21 bits per heavy atom. The van der Waals surface area contributed by atoms with E-state index in [1.54, 1.807) is 0 Å². The number of anilines is 1. The molecular weight excluding hydrogens is 273 g/mol. The van der Waals surface area contributed by atoms with Crippen LogP contribution < -0.4 is 16.4 Å². The van der Waals surface area contributed by atoms with Crippen LogP contribution in [0.5, 0.6) is 0 Å². The Balaban J connectivity index is 0.00000133. The maximum atomic E-state index is 13.3. The lowest BCUT2D eigenvalue weighted by molar-refractivity contribution is -0.120. The molecule has 1 aromatic rings. The molecule has 19 heavy (non-hydrogen) atoms. The fourth-order valence-corrected chi connectivity index (χ4v) is 2.76. The van der Waals surface area contributed by atoms with Crippen LogP contribution in [0, 0.1) is 5.82 Å². The van der Waals surface area contributed by atoms with Gasteiger partial charge in [0.25, 0.3) is 0 Å². The smallest absolute Gasteiger partial charge is 0.236 e. The van der Waals surface area contributed by atoms with Crippen LogP contribution >= 0.6 is 12.4 Å². The van der Waals surface area contributed by atoms with Crippen molar-refractivity contribution in [2.24, 2.45) is 5.73 Å². The molecule has 102 valence electrons. The van der Waals surface area contributed by atoms with Gasteiger partial charge in [0.05, 0.1) is 11.5 Å². The molecule has 0 aromatic heterocycles. The van der Waals surface area contributed by atoms with Gasteiger partial charge in [-0.2, -0.15) is 0 Å². The van der Waals surface area contributed by atoms with Crippen molar-refractivity contribution < 1.29 is 14.0 Å². The summed E-state index contributed by atoms with van der Waals surface area (Å²) in [6.45, 7) is 0.295. The first kappa shape index (κ1) is 13.8. The molecule has 1 spiro atoms. The Kier molecular flexibility index (Phi) is 3.24. The highest BCUT2D eigenvalue weighted by Gasteiger charge is 2.52. The molecule has 0 radical (unpaired) electrons. The van der Waals surface area contributed by atoms with Gasteiger partial charge in [0.15, 0.2) is 0 Å². The molecular formula is C12H13ClFN3O2. The molecule has 4 N–H and O–H groups in total. The lowest BCUT2D eigenvalue weighted by Gasteiger charge is -2.19. The van der Waals surface area contributed by atoms with Crippen LogP contribution in [0.4, 0.5) is 10.1 Å². The van der Waals surface area contributed by atoms with Crippen LogP contribution in [0.25, 0.3) is 0 Å². The van der Waals surface area contributed by atoms with E-state index in [1.165, 1.54) is 18.2 Å². The third-order valence-electron chi connectivity index (χ3n) is 3.73. The molecule has 3 rings (SSSR count). The largest absolute Gasteiger partial charge is 0.368 e. The summed E-state index contributed by atoms with van der Waals surface area (Å²) in [5.41, 5.74) is 5.56. The van der Waals surface area contributed by atoms with E-state index in [2.05, 4.69) is 10.6 Å². The number of carbonyl (C=O) groups excluding carboxylic acids is 2. The number of hydrogen-bond acceptors (Lipinski definition) is 3. The van der Waals surface area contributed by atoms with Crippen LogP contribution in [-0.2, 0) is 15.0 Å². The van der Waals surface area contributed by atoms with Crippen molar-refractivity contribution in [2.75, 3.05) is 11.9 Å². The Bertz CT molecular complexity index is 566. The number of hydrogen-bond donors (Lipinski definition) is 3. The van der Waals surface area contributed by atoms with Crippen molar-refractivity contribution in [2.45, 2.75) is 17.9 Å². The Morgan fingerprint density at radius 1 is 1.47 bits per heavy atom. The molecule has 5 nitrogen and oxygen atoms in total. The van der Waals surface area contributed by atoms with E-state index in [1.807, 2.05) is 0 Å². The van der Waals surface area contributed by atoms with Crippen molar-refractivity contribution in [3.05, 3.63) is 29.6 Å². The second kappa shape index (κ2) is 4.47. The summed E-state index contributed by atoms with van der Waals surface area (Å²) in [5, 5.41) is 5.64. The van der Waals surface area contributed by atoms with Gasteiger partial charge in [0.1, 0.15) is 5.82 Å². The van der Waals surface area contributed by atoms with Crippen molar-refractivity contribution in [3.63, 3.8) is 0 Å². The number of carbonyl (C=O) groups is 2.